The first-order chi connectivity index (χ1) is 8.63. The Kier molecular flexibility index (Phi) is 5.83. The Morgan fingerprint density at radius 2 is 2.16 bits per heavy atom. The van der Waals surface area contributed by atoms with Crippen LogP contribution >= 0.6 is 12.4 Å². The maximum atomic E-state index is 12.5. The van der Waals surface area contributed by atoms with Crippen molar-refractivity contribution in [2.24, 2.45) is 17.6 Å². The van der Waals surface area contributed by atoms with Gasteiger partial charge < -0.3 is 10.6 Å². The number of benzene rings is 1. The molecule has 0 aromatic heterocycles. The van der Waals surface area contributed by atoms with Crippen LogP contribution in [0.5, 0.6) is 0 Å². The van der Waals surface area contributed by atoms with Crippen LogP contribution in [0.4, 0.5) is 5.69 Å². The van der Waals surface area contributed by atoms with E-state index in [0.717, 1.165) is 24.9 Å². The standard InChI is InChI=1S/C15H22N2O.ClH/c1-11-5-3-7-13(9-11)17(2)15(18)14-8-4-6-12(14)10-16;/h3,5,7,9,12,14H,4,6,8,10,16H2,1-2H3;1H/t12-,14-;/m1./s1. The Bertz CT molecular complexity index is 436. The highest BCUT2D eigenvalue weighted by molar-refractivity contribution is 5.94. The summed E-state index contributed by atoms with van der Waals surface area (Å²) in [6, 6.07) is 8.06. The van der Waals surface area contributed by atoms with Crippen LogP contribution in [-0.2, 0) is 4.79 Å². The first kappa shape index (κ1) is 16.0. The predicted octanol–water partition coefficient (Wildman–Crippen LogP) is 2.75. The van der Waals surface area contributed by atoms with Crippen LogP contribution in [0.3, 0.4) is 0 Å². The van der Waals surface area contributed by atoms with E-state index in [4.69, 9.17) is 5.73 Å². The monoisotopic (exact) mass is 282 g/mol. The minimum Gasteiger partial charge on any atom is -0.330 e. The fourth-order valence-corrected chi connectivity index (χ4v) is 2.86. The summed E-state index contributed by atoms with van der Waals surface area (Å²) < 4.78 is 0. The van der Waals surface area contributed by atoms with Gasteiger partial charge in [0.2, 0.25) is 5.91 Å². The van der Waals surface area contributed by atoms with Crippen LogP contribution in [-0.4, -0.2) is 19.5 Å². The van der Waals surface area contributed by atoms with Gasteiger partial charge in [0.05, 0.1) is 0 Å². The molecule has 0 aliphatic heterocycles. The summed E-state index contributed by atoms with van der Waals surface area (Å²) in [5.41, 5.74) is 7.90. The molecule has 106 valence electrons. The molecule has 2 N–H and O–H groups in total. The second-order valence-corrected chi connectivity index (χ2v) is 5.27. The molecule has 1 aliphatic rings. The highest BCUT2D eigenvalue weighted by Crippen LogP contribution is 2.33. The van der Waals surface area contributed by atoms with E-state index in [1.807, 2.05) is 38.2 Å². The van der Waals surface area contributed by atoms with Crippen LogP contribution in [0.25, 0.3) is 0 Å². The topological polar surface area (TPSA) is 46.3 Å². The number of amides is 1. The molecule has 1 aromatic rings. The SMILES string of the molecule is Cc1cccc(N(C)C(=O)[C@@H]2CCC[C@@H]2CN)c1.Cl. The van der Waals surface area contributed by atoms with Crippen LogP contribution in [0.2, 0.25) is 0 Å². The van der Waals surface area contributed by atoms with Crippen molar-refractivity contribution in [3.05, 3.63) is 29.8 Å². The summed E-state index contributed by atoms with van der Waals surface area (Å²) in [6.45, 7) is 2.66. The number of carbonyl (C=O) groups is 1. The molecule has 2 atom stereocenters. The molecule has 1 amide bonds. The molecule has 2 rings (SSSR count). The second-order valence-electron chi connectivity index (χ2n) is 5.27. The van der Waals surface area contributed by atoms with Gasteiger partial charge in [0.1, 0.15) is 0 Å². The highest BCUT2D eigenvalue weighted by atomic mass is 35.5. The molecule has 0 bridgehead atoms. The van der Waals surface area contributed by atoms with Crippen molar-refractivity contribution in [1.82, 2.24) is 0 Å². The lowest BCUT2D eigenvalue weighted by Crippen LogP contribution is -2.36. The van der Waals surface area contributed by atoms with E-state index in [0.29, 0.717) is 12.5 Å². The van der Waals surface area contributed by atoms with Crippen molar-refractivity contribution in [1.29, 1.82) is 0 Å². The summed E-state index contributed by atoms with van der Waals surface area (Å²) in [5, 5.41) is 0. The minimum atomic E-state index is 0. The average Bonchev–Trinajstić information content (AvgIpc) is 2.85. The van der Waals surface area contributed by atoms with Gasteiger partial charge in [-0.15, -0.1) is 12.4 Å². The lowest BCUT2D eigenvalue weighted by atomic mass is 9.94. The molecule has 3 nitrogen and oxygen atoms in total. The minimum absolute atomic E-state index is 0. The molecule has 0 unspecified atom stereocenters. The molecule has 1 aromatic carbocycles. The summed E-state index contributed by atoms with van der Waals surface area (Å²) in [7, 11) is 1.86. The van der Waals surface area contributed by atoms with Crippen LogP contribution in [0.15, 0.2) is 24.3 Å². The molecule has 4 heteroatoms. The zero-order valence-corrected chi connectivity index (χ0v) is 12.5. The van der Waals surface area contributed by atoms with Crippen LogP contribution in [0, 0.1) is 18.8 Å². The lowest BCUT2D eigenvalue weighted by molar-refractivity contribution is -0.123. The van der Waals surface area contributed by atoms with Gasteiger partial charge in [0.25, 0.3) is 0 Å². The molecule has 0 spiro atoms. The van der Waals surface area contributed by atoms with Gasteiger partial charge in [0.15, 0.2) is 0 Å². The van der Waals surface area contributed by atoms with E-state index >= 15 is 0 Å². The first-order valence-corrected chi connectivity index (χ1v) is 6.67. The Morgan fingerprint density at radius 3 is 2.79 bits per heavy atom. The van der Waals surface area contributed by atoms with Crippen molar-refractivity contribution in [2.45, 2.75) is 26.2 Å². The number of nitrogens with zero attached hydrogens (tertiary/aromatic N) is 1. The zero-order valence-electron chi connectivity index (χ0n) is 11.6. The molecule has 0 heterocycles. The number of hydrogen-bond donors (Lipinski definition) is 1. The Hall–Kier alpha value is -1.06. The number of halogens is 1. The van der Waals surface area contributed by atoms with Crippen molar-refractivity contribution in [3.63, 3.8) is 0 Å². The van der Waals surface area contributed by atoms with Gasteiger partial charge in [0, 0.05) is 18.7 Å². The molecular weight excluding hydrogens is 260 g/mol. The number of carbonyl (C=O) groups excluding carboxylic acids is 1. The quantitative estimate of drug-likeness (QED) is 0.927. The predicted molar refractivity (Wildman–Crippen MR) is 81.7 cm³/mol. The Morgan fingerprint density at radius 1 is 1.42 bits per heavy atom. The summed E-state index contributed by atoms with van der Waals surface area (Å²) in [6.07, 6.45) is 3.20. The fourth-order valence-electron chi connectivity index (χ4n) is 2.86. The largest absolute Gasteiger partial charge is 0.330 e. The Labute approximate surface area is 121 Å². The number of anilines is 1. The highest BCUT2D eigenvalue weighted by Gasteiger charge is 2.33. The van der Waals surface area contributed by atoms with Crippen LogP contribution < -0.4 is 10.6 Å². The summed E-state index contributed by atoms with van der Waals surface area (Å²) >= 11 is 0. The fraction of sp³-hybridized carbons (Fsp3) is 0.533. The third kappa shape index (κ3) is 3.48. The van der Waals surface area contributed by atoms with E-state index in [1.165, 1.54) is 5.56 Å². The number of rotatable bonds is 3. The number of nitrogens with two attached hydrogens (primary N) is 1. The summed E-state index contributed by atoms with van der Waals surface area (Å²) in [4.78, 5) is 14.3. The van der Waals surface area contributed by atoms with E-state index in [2.05, 4.69) is 0 Å². The van der Waals surface area contributed by atoms with Gasteiger partial charge in [-0.2, -0.15) is 0 Å². The lowest BCUT2D eigenvalue weighted by Gasteiger charge is -2.24. The van der Waals surface area contributed by atoms with Gasteiger partial charge in [-0.1, -0.05) is 18.6 Å². The van der Waals surface area contributed by atoms with Gasteiger partial charge >= 0.3 is 0 Å². The van der Waals surface area contributed by atoms with E-state index < -0.39 is 0 Å². The smallest absolute Gasteiger partial charge is 0.230 e. The molecular formula is C15H23ClN2O. The number of aryl methyl sites for hydroxylation is 1. The third-order valence-corrected chi connectivity index (χ3v) is 4.00. The maximum Gasteiger partial charge on any atom is 0.230 e. The van der Waals surface area contributed by atoms with Crippen molar-refractivity contribution >= 4 is 24.0 Å². The zero-order chi connectivity index (χ0) is 13.1. The van der Waals surface area contributed by atoms with Crippen molar-refractivity contribution in [2.75, 3.05) is 18.5 Å². The second kappa shape index (κ2) is 6.92. The summed E-state index contributed by atoms with van der Waals surface area (Å²) in [5.74, 6) is 0.693. The third-order valence-electron chi connectivity index (χ3n) is 4.00. The average molecular weight is 283 g/mol. The Balaban J connectivity index is 0.00000180. The van der Waals surface area contributed by atoms with Crippen molar-refractivity contribution in [3.8, 4) is 0 Å². The molecule has 1 aliphatic carbocycles. The van der Waals surface area contributed by atoms with Crippen molar-refractivity contribution < 1.29 is 4.79 Å². The molecule has 0 radical (unpaired) electrons. The van der Waals surface area contributed by atoms with Gasteiger partial charge in [-0.05, 0) is 49.9 Å². The molecule has 19 heavy (non-hydrogen) atoms. The number of hydrogen-bond acceptors (Lipinski definition) is 2. The van der Waals surface area contributed by atoms with Gasteiger partial charge in [-0.3, -0.25) is 4.79 Å². The maximum absolute atomic E-state index is 12.5. The van der Waals surface area contributed by atoms with E-state index in [-0.39, 0.29) is 24.2 Å². The molecule has 1 saturated carbocycles. The first-order valence-electron chi connectivity index (χ1n) is 6.67. The molecule has 1 fully saturated rings. The van der Waals surface area contributed by atoms with Crippen LogP contribution in [0.1, 0.15) is 24.8 Å². The van der Waals surface area contributed by atoms with E-state index in [1.54, 1.807) is 4.90 Å². The normalized spacial score (nSPS) is 21.8. The van der Waals surface area contributed by atoms with Gasteiger partial charge in [-0.25, -0.2) is 0 Å². The molecule has 0 saturated heterocycles. The van der Waals surface area contributed by atoms with E-state index in [9.17, 15) is 4.79 Å².